The number of alkyl halides is 2. The van der Waals surface area contributed by atoms with Crippen molar-refractivity contribution >= 4 is 12.0 Å². The third-order valence-corrected chi connectivity index (χ3v) is 4.78. The molecule has 0 aromatic heterocycles. The van der Waals surface area contributed by atoms with Crippen LogP contribution in [0.5, 0.6) is 5.75 Å². The fourth-order valence-electron chi connectivity index (χ4n) is 3.12. The molecule has 182 valence electrons. The Hall–Kier alpha value is -2.42. The number of unbranched alkanes of at least 4 members (excludes halogenated alkanes) is 2. The molecule has 32 heavy (non-hydrogen) atoms. The molecule has 0 aliphatic rings. The van der Waals surface area contributed by atoms with E-state index in [4.69, 9.17) is 9.47 Å². The van der Waals surface area contributed by atoms with Gasteiger partial charge in [-0.25, -0.2) is 18.4 Å². The number of carboxylic acid groups (broad SMARTS) is 1. The van der Waals surface area contributed by atoms with E-state index in [-0.39, 0.29) is 25.5 Å². The largest absolute Gasteiger partial charge is 0.492 e. The lowest BCUT2D eigenvalue weighted by molar-refractivity contribution is -0.149. The average Bonchev–Trinajstić information content (AvgIpc) is 2.72. The van der Waals surface area contributed by atoms with E-state index in [9.17, 15) is 23.5 Å². The predicted octanol–water partition coefficient (Wildman–Crippen LogP) is 4.34. The SMILES string of the molecule is CCNC(=O)N(CCCCCC(C)(F)F)CCOc1ccc(CC(OCC)C(=O)O)cc1. The number of halogens is 2. The quantitative estimate of drug-likeness (QED) is 0.360. The van der Waals surface area contributed by atoms with E-state index >= 15 is 0 Å². The fourth-order valence-corrected chi connectivity index (χ4v) is 3.12. The van der Waals surface area contributed by atoms with E-state index in [0.29, 0.717) is 51.3 Å². The minimum Gasteiger partial charge on any atom is -0.492 e. The van der Waals surface area contributed by atoms with Crippen molar-refractivity contribution in [3.8, 4) is 5.75 Å². The molecule has 1 rings (SSSR count). The molecular formula is C23H36F2N2O5. The molecule has 0 saturated carbocycles. The molecule has 0 fully saturated rings. The highest BCUT2D eigenvalue weighted by atomic mass is 19.3. The molecular weight excluding hydrogens is 422 g/mol. The number of carbonyl (C=O) groups is 2. The van der Waals surface area contributed by atoms with Crippen molar-refractivity contribution in [3.05, 3.63) is 29.8 Å². The molecule has 0 aliphatic carbocycles. The molecule has 9 heteroatoms. The number of rotatable bonds is 16. The van der Waals surface area contributed by atoms with Gasteiger partial charge in [-0.2, -0.15) is 0 Å². The van der Waals surface area contributed by atoms with Crippen LogP contribution in [0.3, 0.4) is 0 Å². The van der Waals surface area contributed by atoms with E-state index in [1.165, 1.54) is 0 Å². The summed E-state index contributed by atoms with van der Waals surface area (Å²) in [5.74, 6) is -3.04. The van der Waals surface area contributed by atoms with Crippen LogP contribution >= 0.6 is 0 Å². The monoisotopic (exact) mass is 458 g/mol. The summed E-state index contributed by atoms with van der Waals surface area (Å²) < 4.78 is 36.7. The maximum Gasteiger partial charge on any atom is 0.333 e. The van der Waals surface area contributed by atoms with Crippen molar-refractivity contribution in [2.75, 3.05) is 32.8 Å². The van der Waals surface area contributed by atoms with E-state index < -0.39 is 18.0 Å². The highest BCUT2D eigenvalue weighted by molar-refractivity contribution is 5.74. The topological polar surface area (TPSA) is 88.1 Å². The van der Waals surface area contributed by atoms with E-state index in [0.717, 1.165) is 12.5 Å². The predicted molar refractivity (Wildman–Crippen MR) is 118 cm³/mol. The van der Waals surface area contributed by atoms with Crippen molar-refractivity contribution < 1.29 is 33.0 Å². The van der Waals surface area contributed by atoms with Crippen LogP contribution in [-0.2, 0) is 16.0 Å². The van der Waals surface area contributed by atoms with Crippen LogP contribution in [0.15, 0.2) is 24.3 Å². The number of urea groups is 1. The maximum absolute atomic E-state index is 12.9. The Bertz CT molecular complexity index is 680. The Morgan fingerprint density at radius 2 is 1.81 bits per heavy atom. The molecule has 0 aliphatic heterocycles. The molecule has 1 aromatic rings. The molecule has 1 atom stereocenters. The van der Waals surface area contributed by atoms with Gasteiger partial charge in [0.15, 0.2) is 6.10 Å². The number of benzene rings is 1. The number of ether oxygens (including phenoxy) is 2. The Morgan fingerprint density at radius 3 is 2.38 bits per heavy atom. The smallest absolute Gasteiger partial charge is 0.333 e. The van der Waals surface area contributed by atoms with E-state index in [1.807, 2.05) is 6.92 Å². The first-order valence-corrected chi connectivity index (χ1v) is 11.1. The molecule has 1 aromatic carbocycles. The van der Waals surface area contributed by atoms with Gasteiger partial charge in [-0.05, 0) is 51.3 Å². The highest BCUT2D eigenvalue weighted by Crippen LogP contribution is 2.20. The molecule has 2 N–H and O–H groups in total. The first-order valence-electron chi connectivity index (χ1n) is 11.1. The number of hydrogen-bond donors (Lipinski definition) is 2. The van der Waals surface area contributed by atoms with Crippen LogP contribution in [-0.4, -0.2) is 66.9 Å². The van der Waals surface area contributed by atoms with Crippen molar-refractivity contribution in [2.24, 2.45) is 0 Å². The summed E-state index contributed by atoms with van der Waals surface area (Å²) in [6.07, 6.45) is 0.916. The summed E-state index contributed by atoms with van der Waals surface area (Å²) in [4.78, 5) is 25.1. The number of hydrogen-bond acceptors (Lipinski definition) is 4. The third-order valence-electron chi connectivity index (χ3n) is 4.78. The van der Waals surface area contributed by atoms with Crippen LogP contribution in [0.2, 0.25) is 0 Å². The fraction of sp³-hybridized carbons (Fsp3) is 0.652. The second-order valence-electron chi connectivity index (χ2n) is 7.68. The summed E-state index contributed by atoms with van der Waals surface area (Å²) >= 11 is 0. The summed E-state index contributed by atoms with van der Waals surface area (Å²) in [5, 5.41) is 11.9. The van der Waals surface area contributed by atoms with E-state index in [1.54, 1.807) is 36.1 Å². The molecule has 0 spiro atoms. The summed E-state index contributed by atoms with van der Waals surface area (Å²) in [6.45, 7) is 6.44. The first-order chi connectivity index (χ1) is 15.2. The van der Waals surface area contributed by atoms with Crippen molar-refractivity contribution in [1.29, 1.82) is 0 Å². The van der Waals surface area contributed by atoms with Crippen LogP contribution in [0, 0.1) is 0 Å². The van der Waals surface area contributed by atoms with Crippen molar-refractivity contribution in [2.45, 2.75) is 64.9 Å². The number of carbonyl (C=O) groups excluding carboxylic acids is 1. The standard InChI is InChI=1S/C23H36F2N2O5/c1-4-26-22(30)27(14-8-6-7-13-23(3,24)25)15-16-32-19-11-9-18(10-12-19)17-20(21(28)29)31-5-2/h9-12,20H,4-8,13-17H2,1-3H3,(H,26,30)(H,28,29). The maximum atomic E-state index is 12.9. The van der Waals surface area contributed by atoms with E-state index in [2.05, 4.69) is 5.32 Å². The molecule has 0 heterocycles. The second kappa shape index (κ2) is 14.6. The highest BCUT2D eigenvalue weighted by Gasteiger charge is 2.20. The minimum absolute atomic E-state index is 0.148. The summed E-state index contributed by atoms with van der Waals surface area (Å²) in [5.41, 5.74) is 0.819. The van der Waals surface area contributed by atoms with Crippen LogP contribution in [0.1, 0.15) is 52.0 Å². The lowest BCUT2D eigenvalue weighted by Gasteiger charge is -2.23. The Morgan fingerprint density at radius 1 is 1.12 bits per heavy atom. The number of aliphatic carboxylic acids is 1. The third kappa shape index (κ3) is 11.8. The van der Waals surface area contributed by atoms with Crippen molar-refractivity contribution in [3.63, 3.8) is 0 Å². The normalized spacial score (nSPS) is 12.3. The zero-order valence-corrected chi connectivity index (χ0v) is 19.2. The lowest BCUT2D eigenvalue weighted by atomic mass is 10.1. The van der Waals surface area contributed by atoms with Gasteiger partial charge in [0.25, 0.3) is 0 Å². The van der Waals surface area contributed by atoms with Crippen molar-refractivity contribution in [1.82, 2.24) is 10.2 Å². The van der Waals surface area contributed by atoms with Crippen LogP contribution in [0.4, 0.5) is 13.6 Å². The number of amides is 2. The van der Waals surface area contributed by atoms with Crippen LogP contribution in [0.25, 0.3) is 0 Å². The molecule has 0 saturated heterocycles. The zero-order chi connectivity index (χ0) is 24.0. The number of nitrogens with zero attached hydrogens (tertiary/aromatic N) is 1. The summed E-state index contributed by atoms with van der Waals surface area (Å²) in [7, 11) is 0. The summed E-state index contributed by atoms with van der Waals surface area (Å²) in [6, 6.07) is 6.87. The first kappa shape index (κ1) is 27.6. The van der Waals surface area contributed by atoms with Gasteiger partial charge in [-0.3, -0.25) is 0 Å². The molecule has 7 nitrogen and oxygen atoms in total. The molecule has 0 bridgehead atoms. The molecule has 1 unspecified atom stereocenters. The van der Waals surface area contributed by atoms with Gasteiger partial charge < -0.3 is 24.8 Å². The van der Waals surface area contributed by atoms with Gasteiger partial charge >= 0.3 is 12.0 Å². The van der Waals surface area contributed by atoms with Gasteiger partial charge in [0.05, 0.1) is 6.54 Å². The number of carboxylic acids is 1. The van der Waals surface area contributed by atoms with Gasteiger partial charge in [0.1, 0.15) is 12.4 Å². The lowest BCUT2D eigenvalue weighted by Crippen LogP contribution is -2.42. The Kier molecular flexibility index (Phi) is 12.6. The second-order valence-corrected chi connectivity index (χ2v) is 7.68. The van der Waals surface area contributed by atoms with Gasteiger partial charge in [0.2, 0.25) is 5.92 Å². The number of nitrogens with one attached hydrogen (secondary N) is 1. The molecule has 0 radical (unpaired) electrons. The minimum atomic E-state index is -2.65. The van der Waals surface area contributed by atoms with Gasteiger partial charge in [-0.15, -0.1) is 0 Å². The van der Waals surface area contributed by atoms with Crippen LogP contribution < -0.4 is 10.1 Å². The van der Waals surface area contributed by atoms with Gasteiger partial charge in [0, 0.05) is 32.5 Å². The Balaban J connectivity index is 2.49. The Labute approximate surface area is 189 Å². The zero-order valence-electron chi connectivity index (χ0n) is 19.2. The molecule has 2 amide bonds. The average molecular weight is 459 g/mol. The van der Waals surface area contributed by atoms with Gasteiger partial charge in [-0.1, -0.05) is 18.6 Å².